The monoisotopic (exact) mass is 538 g/mol. The highest BCUT2D eigenvalue weighted by molar-refractivity contribution is 7.13. The van der Waals surface area contributed by atoms with E-state index in [9.17, 15) is 22.8 Å². The molecule has 1 atom stereocenters. The Kier molecular flexibility index (Phi) is 7.84. The predicted molar refractivity (Wildman–Crippen MR) is 130 cm³/mol. The number of thiazole rings is 1. The molecule has 4 rings (SSSR count). The Morgan fingerprint density at radius 2 is 1.86 bits per heavy atom. The van der Waals surface area contributed by atoms with Crippen LogP contribution in [0.1, 0.15) is 69.3 Å². The molecule has 4 heterocycles. The highest BCUT2D eigenvalue weighted by Gasteiger charge is 2.34. The molecule has 0 saturated carbocycles. The van der Waals surface area contributed by atoms with Gasteiger partial charge in [-0.3, -0.25) is 9.59 Å². The van der Waals surface area contributed by atoms with E-state index in [1.165, 1.54) is 18.9 Å². The third-order valence-corrected chi connectivity index (χ3v) is 7.21. The Balaban J connectivity index is 1.40. The molecule has 3 aromatic rings. The summed E-state index contributed by atoms with van der Waals surface area (Å²) in [7, 11) is 0. The predicted octanol–water partition coefficient (Wildman–Crippen LogP) is 5.62. The number of alkyl halides is 3. The van der Waals surface area contributed by atoms with Gasteiger partial charge in [0, 0.05) is 37.7 Å². The van der Waals surface area contributed by atoms with Crippen LogP contribution < -0.4 is 10.2 Å². The molecule has 0 bridgehead atoms. The summed E-state index contributed by atoms with van der Waals surface area (Å²) >= 11 is 6.62. The number of anilines is 2. The number of aromatic nitrogens is 4. The molecule has 36 heavy (non-hydrogen) atoms. The van der Waals surface area contributed by atoms with Crippen molar-refractivity contribution >= 4 is 46.3 Å². The Morgan fingerprint density at radius 3 is 2.58 bits per heavy atom. The maximum absolute atomic E-state index is 13.1. The Bertz CT molecular complexity index is 1260. The fourth-order valence-corrected chi connectivity index (χ4v) is 4.86. The quantitative estimate of drug-likeness (QED) is 0.390. The van der Waals surface area contributed by atoms with Crippen molar-refractivity contribution in [1.29, 1.82) is 0 Å². The minimum atomic E-state index is -4.68. The van der Waals surface area contributed by atoms with Crippen LogP contribution in [0.3, 0.4) is 0 Å². The van der Waals surface area contributed by atoms with Gasteiger partial charge in [-0.15, -0.1) is 11.3 Å². The molecule has 1 aliphatic heterocycles. The summed E-state index contributed by atoms with van der Waals surface area (Å²) in [6.45, 7) is 3.60. The molecule has 1 fully saturated rings. The van der Waals surface area contributed by atoms with Crippen molar-refractivity contribution in [1.82, 2.24) is 19.9 Å². The van der Waals surface area contributed by atoms with Gasteiger partial charge in [0.25, 0.3) is 5.91 Å². The van der Waals surface area contributed by atoms with E-state index in [0.717, 1.165) is 49.3 Å². The summed E-state index contributed by atoms with van der Waals surface area (Å²) in [5.74, 6) is -0.693. The lowest BCUT2D eigenvalue weighted by atomic mass is 10.0. The molecule has 3 aromatic heterocycles. The van der Waals surface area contributed by atoms with Crippen LogP contribution in [0.15, 0.2) is 30.9 Å². The number of carbonyl (C=O) groups is 2. The minimum Gasteiger partial charge on any atom is -0.357 e. The number of Topliss-reactive ketones (excluding diaryl/α,β-unsaturated/α-hetero) is 1. The summed E-state index contributed by atoms with van der Waals surface area (Å²) in [5.41, 5.74) is -0.777. The first kappa shape index (κ1) is 26.0. The summed E-state index contributed by atoms with van der Waals surface area (Å²) in [6.07, 6.45) is 2.33. The molecule has 0 aliphatic carbocycles. The summed E-state index contributed by atoms with van der Waals surface area (Å²) < 4.78 is 39.2. The van der Waals surface area contributed by atoms with Gasteiger partial charge in [-0.05, 0) is 25.3 Å². The molecule has 0 spiro atoms. The minimum absolute atomic E-state index is 0.124. The van der Waals surface area contributed by atoms with Gasteiger partial charge in [-0.25, -0.2) is 19.9 Å². The number of piperidine rings is 1. The molecule has 1 amide bonds. The summed E-state index contributed by atoms with van der Waals surface area (Å²) in [4.78, 5) is 44.1. The van der Waals surface area contributed by atoms with Crippen LogP contribution in [-0.4, -0.2) is 44.7 Å². The van der Waals surface area contributed by atoms with Crippen molar-refractivity contribution in [2.45, 2.75) is 44.7 Å². The van der Waals surface area contributed by atoms with Crippen molar-refractivity contribution < 1.29 is 22.8 Å². The van der Waals surface area contributed by atoms with Crippen molar-refractivity contribution in [2.24, 2.45) is 0 Å². The van der Waals surface area contributed by atoms with Gasteiger partial charge < -0.3 is 10.2 Å². The number of rotatable bonds is 7. The molecular weight excluding hydrogens is 517 g/mol. The lowest BCUT2D eigenvalue weighted by Gasteiger charge is -2.27. The molecule has 13 heteroatoms. The van der Waals surface area contributed by atoms with Gasteiger partial charge in [-0.2, -0.15) is 13.2 Å². The first-order valence-electron chi connectivity index (χ1n) is 11.2. The van der Waals surface area contributed by atoms with E-state index >= 15 is 0 Å². The van der Waals surface area contributed by atoms with Crippen LogP contribution in [0.5, 0.6) is 0 Å². The zero-order valence-electron chi connectivity index (χ0n) is 19.2. The number of hydrogen-bond acceptors (Lipinski definition) is 8. The van der Waals surface area contributed by atoms with Crippen molar-refractivity contribution in [2.75, 3.05) is 23.3 Å². The fourth-order valence-electron chi connectivity index (χ4n) is 3.79. The van der Waals surface area contributed by atoms with E-state index in [-0.39, 0.29) is 28.8 Å². The molecule has 1 N–H and O–H groups in total. The molecule has 1 unspecified atom stereocenters. The van der Waals surface area contributed by atoms with Crippen LogP contribution in [0.4, 0.5) is 24.8 Å². The molecule has 190 valence electrons. The van der Waals surface area contributed by atoms with Crippen molar-refractivity contribution in [3.8, 4) is 0 Å². The summed E-state index contributed by atoms with van der Waals surface area (Å²) in [5, 5.41) is 2.30. The van der Waals surface area contributed by atoms with Gasteiger partial charge in [0.2, 0.25) is 0 Å². The molecule has 1 saturated heterocycles. The lowest BCUT2D eigenvalue weighted by Crippen LogP contribution is -2.30. The Labute approximate surface area is 214 Å². The topological polar surface area (TPSA) is 101 Å². The number of nitrogens with one attached hydrogen (secondary N) is 1. The number of pyridine rings is 1. The average Bonchev–Trinajstić information content (AvgIpc) is 3.36. The maximum Gasteiger partial charge on any atom is 0.418 e. The fraction of sp³-hybridized carbons (Fsp3) is 0.391. The molecule has 0 radical (unpaired) electrons. The molecular formula is C23H22ClF3N6O2S. The van der Waals surface area contributed by atoms with E-state index < -0.39 is 22.7 Å². The van der Waals surface area contributed by atoms with Gasteiger partial charge in [-0.1, -0.05) is 18.5 Å². The van der Waals surface area contributed by atoms with E-state index in [1.807, 2.05) is 6.92 Å². The van der Waals surface area contributed by atoms with Gasteiger partial charge in [0.05, 0.1) is 21.8 Å². The first-order valence-corrected chi connectivity index (χ1v) is 12.4. The normalized spacial score (nSPS) is 15.0. The van der Waals surface area contributed by atoms with Crippen LogP contribution in [0.2, 0.25) is 5.02 Å². The summed E-state index contributed by atoms with van der Waals surface area (Å²) in [6, 6.07) is 2.37. The highest BCUT2D eigenvalue weighted by atomic mass is 35.5. The first-order chi connectivity index (χ1) is 17.1. The standard InChI is InChI=1S/C23H22ClF3N6O2S/c1-13(7-17(34)16-9-20(31-12-30-16)33-5-3-2-4-6-33)22-29-11-18(36-22)21(35)32-19-8-14(23(25,26)27)15(24)10-28-19/h8-13H,2-7H2,1H3,(H,28,32,35). The molecule has 0 aromatic carbocycles. The lowest BCUT2D eigenvalue weighted by molar-refractivity contribution is -0.137. The Hall–Kier alpha value is -3.12. The number of amides is 1. The van der Waals surface area contributed by atoms with Crippen molar-refractivity contribution in [3.05, 3.63) is 57.0 Å². The SMILES string of the molecule is CC(CC(=O)c1cc(N2CCCCC2)ncn1)c1ncc(C(=O)Nc2cc(C(F)(F)F)c(Cl)cn2)s1. The van der Waals surface area contributed by atoms with Gasteiger partial charge in [0.1, 0.15) is 28.5 Å². The maximum atomic E-state index is 13.1. The number of hydrogen-bond donors (Lipinski definition) is 1. The third-order valence-electron chi connectivity index (χ3n) is 5.68. The number of carbonyl (C=O) groups excluding carboxylic acids is 2. The van der Waals surface area contributed by atoms with Gasteiger partial charge >= 0.3 is 6.18 Å². The molecule has 1 aliphatic rings. The zero-order valence-corrected chi connectivity index (χ0v) is 20.8. The van der Waals surface area contributed by atoms with Crippen LogP contribution in [-0.2, 0) is 6.18 Å². The second-order valence-corrected chi connectivity index (χ2v) is 9.87. The second kappa shape index (κ2) is 10.9. The third kappa shape index (κ3) is 6.16. The Morgan fingerprint density at radius 1 is 1.11 bits per heavy atom. The molecule has 8 nitrogen and oxygen atoms in total. The van der Waals surface area contributed by atoms with Gasteiger partial charge in [0.15, 0.2) is 5.78 Å². The van der Waals surface area contributed by atoms with Crippen LogP contribution in [0, 0.1) is 0 Å². The highest BCUT2D eigenvalue weighted by Crippen LogP contribution is 2.35. The number of halogens is 4. The second-order valence-electron chi connectivity index (χ2n) is 8.40. The smallest absolute Gasteiger partial charge is 0.357 e. The van der Waals surface area contributed by atoms with Crippen LogP contribution >= 0.6 is 22.9 Å². The van der Waals surface area contributed by atoms with Crippen molar-refractivity contribution in [3.63, 3.8) is 0 Å². The number of ketones is 1. The van der Waals surface area contributed by atoms with E-state index in [0.29, 0.717) is 16.8 Å². The zero-order chi connectivity index (χ0) is 25.9. The van der Waals surface area contributed by atoms with E-state index in [2.05, 4.69) is 30.2 Å². The van der Waals surface area contributed by atoms with E-state index in [4.69, 9.17) is 11.6 Å². The van der Waals surface area contributed by atoms with Crippen LogP contribution in [0.25, 0.3) is 0 Å². The average molecular weight is 539 g/mol. The largest absolute Gasteiger partial charge is 0.418 e. The van der Waals surface area contributed by atoms with E-state index in [1.54, 1.807) is 6.07 Å². The number of nitrogens with zero attached hydrogens (tertiary/aromatic N) is 5.